The molecule has 1 N–H and O–H groups in total. The number of rotatable bonds is 2. The van der Waals surface area contributed by atoms with Crippen molar-refractivity contribution in [2.45, 2.75) is 50.3 Å². The van der Waals surface area contributed by atoms with Crippen molar-refractivity contribution in [3.8, 4) is 5.75 Å². The third kappa shape index (κ3) is 1.67. The summed E-state index contributed by atoms with van der Waals surface area (Å²) in [4.78, 5) is 15.4. The highest BCUT2D eigenvalue weighted by molar-refractivity contribution is 5.90. The number of carbonyl (C=O) groups excluding carboxylic acids is 1. The van der Waals surface area contributed by atoms with Crippen molar-refractivity contribution in [2.24, 2.45) is 0 Å². The molecule has 0 unspecified atom stereocenters. The molecule has 3 aliphatic heterocycles. The van der Waals surface area contributed by atoms with Crippen LogP contribution in [0.15, 0.2) is 48.5 Å². The molecule has 2 aromatic carbocycles. The summed E-state index contributed by atoms with van der Waals surface area (Å²) in [5, 5.41) is 3.06. The van der Waals surface area contributed by atoms with Gasteiger partial charge in [0.2, 0.25) is 5.91 Å². The number of likely N-dealkylation sites (N-methyl/N-ethyl adjacent to an activating group) is 1. The van der Waals surface area contributed by atoms with Gasteiger partial charge in [0.25, 0.3) is 0 Å². The molecule has 0 aliphatic carbocycles. The van der Waals surface area contributed by atoms with Crippen LogP contribution in [-0.2, 0) is 10.2 Å². The van der Waals surface area contributed by atoms with Crippen LogP contribution >= 0.6 is 0 Å². The standard InChI is InChI=1S/C22H24N2O2/c1-4-23-20(25)19-15-13-22(26-18-12-8-5-9-14(15)18)21(2,3)16-10-6-7-11-17(16)24(19)22/h5-12,15,19H,4,13H2,1-3H3,(H,23,25)/t15-,19+,22+/m1/s1. The van der Waals surface area contributed by atoms with E-state index >= 15 is 0 Å². The first-order chi connectivity index (χ1) is 12.5. The molecule has 0 radical (unpaired) electrons. The van der Waals surface area contributed by atoms with Crippen LogP contribution in [0.25, 0.3) is 0 Å². The molecule has 1 spiro atoms. The fourth-order valence-corrected chi connectivity index (χ4v) is 5.37. The van der Waals surface area contributed by atoms with Gasteiger partial charge in [-0.15, -0.1) is 0 Å². The maximum Gasteiger partial charge on any atom is 0.243 e. The number of benzene rings is 2. The average Bonchev–Trinajstić information content (AvgIpc) is 3.01. The Balaban J connectivity index is 1.77. The topological polar surface area (TPSA) is 41.6 Å². The van der Waals surface area contributed by atoms with Gasteiger partial charge in [-0.3, -0.25) is 4.79 Å². The zero-order valence-electron chi connectivity index (χ0n) is 15.5. The highest BCUT2D eigenvalue weighted by atomic mass is 16.5. The Kier molecular flexibility index (Phi) is 3.04. The van der Waals surface area contributed by atoms with Crippen molar-refractivity contribution in [3.63, 3.8) is 0 Å². The fourth-order valence-electron chi connectivity index (χ4n) is 5.37. The molecule has 2 aromatic rings. The number of nitrogens with zero attached hydrogens (tertiary/aromatic N) is 1. The number of hydrogen-bond acceptors (Lipinski definition) is 3. The molecule has 4 heteroatoms. The Morgan fingerprint density at radius 1 is 1.19 bits per heavy atom. The summed E-state index contributed by atoms with van der Waals surface area (Å²) in [6.45, 7) is 7.10. The van der Waals surface area contributed by atoms with Crippen molar-refractivity contribution in [1.29, 1.82) is 0 Å². The molecule has 4 nitrogen and oxygen atoms in total. The van der Waals surface area contributed by atoms with Crippen molar-refractivity contribution in [2.75, 3.05) is 11.4 Å². The van der Waals surface area contributed by atoms with E-state index < -0.39 is 5.72 Å². The van der Waals surface area contributed by atoms with Crippen molar-refractivity contribution in [1.82, 2.24) is 5.32 Å². The lowest BCUT2D eigenvalue weighted by molar-refractivity contribution is -0.122. The van der Waals surface area contributed by atoms with E-state index in [0.717, 1.165) is 23.4 Å². The third-order valence-electron chi connectivity index (χ3n) is 6.58. The van der Waals surface area contributed by atoms with Crippen LogP contribution in [-0.4, -0.2) is 24.2 Å². The molecular formula is C22H24N2O2. The Morgan fingerprint density at radius 2 is 1.92 bits per heavy atom. The lowest BCUT2D eigenvalue weighted by Gasteiger charge is -2.45. The number of carbonyl (C=O) groups is 1. The second kappa shape index (κ2) is 5.03. The molecule has 1 saturated heterocycles. The largest absolute Gasteiger partial charge is 0.467 e. The van der Waals surface area contributed by atoms with Crippen LogP contribution in [0.5, 0.6) is 5.75 Å². The van der Waals surface area contributed by atoms with Gasteiger partial charge in [-0.25, -0.2) is 0 Å². The molecule has 5 rings (SSSR count). The Morgan fingerprint density at radius 3 is 2.73 bits per heavy atom. The molecule has 3 aliphatic rings. The van der Waals surface area contributed by atoms with Crippen molar-refractivity contribution < 1.29 is 9.53 Å². The van der Waals surface area contributed by atoms with E-state index in [2.05, 4.69) is 54.4 Å². The molecule has 0 aromatic heterocycles. The predicted octanol–water partition coefficient (Wildman–Crippen LogP) is 3.57. The number of hydrogen-bond donors (Lipinski definition) is 1. The first-order valence-corrected chi connectivity index (χ1v) is 9.46. The minimum atomic E-state index is -0.522. The third-order valence-corrected chi connectivity index (χ3v) is 6.58. The number of fused-ring (bicyclic) bond motifs is 5. The molecule has 2 bridgehead atoms. The van der Waals surface area contributed by atoms with E-state index in [4.69, 9.17) is 4.74 Å². The van der Waals surface area contributed by atoms with Gasteiger partial charge < -0.3 is 15.0 Å². The number of amides is 1. The van der Waals surface area contributed by atoms with Gasteiger partial charge in [0.15, 0.2) is 5.72 Å². The van der Waals surface area contributed by atoms with E-state index in [1.807, 2.05) is 25.1 Å². The van der Waals surface area contributed by atoms with Gasteiger partial charge in [-0.2, -0.15) is 0 Å². The maximum absolute atomic E-state index is 13.1. The number of para-hydroxylation sites is 2. The predicted molar refractivity (Wildman–Crippen MR) is 102 cm³/mol. The van der Waals surface area contributed by atoms with Crippen molar-refractivity contribution in [3.05, 3.63) is 59.7 Å². The molecule has 1 fully saturated rings. The maximum atomic E-state index is 13.1. The Bertz CT molecular complexity index is 907. The van der Waals surface area contributed by atoms with Crippen LogP contribution in [0.4, 0.5) is 5.69 Å². The van der Waals surface area contributed by atoms with E-state index in [1.165, 1.54) is 5.56 Å². The first kappa shape index (κ1) is 15.7. The summed E-state index contributed by atoms with van der Waals surface area (Å²) in [7, 11) is 0. The number of anilines is 1. The molecule has 26 heavy (non-hydrogen) atoms. The lowest BCUT2D eigenvalue weighted by Crippen LogP contribution is -2.59. The van der Waals surface area contributed by atoms with Crippen LogP contribution in [0.2, 0.25) is 0 Å². The smallest absolute Gasteiger partial charge is 0.243 e. The van der Waals surface area contributed by atoms with Crippen LogP contribution in [0.1, 0.15) is 44.2 Å². The van der Waals surface area contributed by atoms with Gasteiger partial charge in [-0.1, -0.05) is 36.4 Å². The monoisotopic (exact) mass is 348 g/mol. The van der Waals surface area contributed by atoms with Crippen molar-refractivity contribution >= 4 is 11.6 Å². The van der Waals surface area contributed by atoms with Gasteiger partial charge in [-0.05, 0) is 38.5 Å². The zero-order valence-corrected chi connectivity index (χ0v) is 15.5. The van der Waals surface area contributed by atoms with Gasteiger partial charge in [0, 0.05) is 30.1 Å². The lowest BCUT2D eigenvalue weighted by atomic mass is 9.73. The van der Waals surface area contributed by atoms with Crippen LogP contribution in [0, 0.1) is 0 Å². The second-order valence-electron chi connectivity index (χ2n) is 8.09. The highest BCUT2D eigenvalue weighted by Gasteiger charge is 2.70. The Hall–Kier alpha value is -2.49. The molecule has 134 valence electrons. The number of ether oxygens (including phenoxy) is 1. The summed E-state index contributed by atoms with van der Waals surface area (Å²) in [5.74, 6) is 1.15. The molecule has 3 atom stereocenters. The zero-order chi connectivity index (χ0) is 18.1. The minimum absolute atomic E-state index is 0.0900. The number of nitrogens with one attached hydrogen (secondary N) is 1. The molecule has 1 amide bonds. The van der Waals surface area contributed by atoms with E-state index in [-0.39, 0.29) is 23.3 Å². The fraction of sp³-hybridized carbons (Fsp3) is 0.409. The molecular weight excluding hydrogens is 324 g/mol. The van der Waals surface area contributed by atoms with Gasteiger partial charge in [0.1, 0.15) is 11.8 Å². The summed E-state index contributed by atoms with van der Waals surface area (Å²) < 4.78 is 6.74. The normalized spacial score (nSPS) is 29.4. The highest BCUT2D eigenvalue weighted by Crippen LogP contribution is 2.64. The van der Waals surface area contributed by atoms with Crippen LogP contribution < -0.4 is 15.0 Å². The van der Waals surface area contributed by atoms with Crippen LogP contribution in [0.3, 0.4) is 0 Å². The minimum Gasteiger partial charge on any atom is -0.467 e. The SMILES string of the molecule is CCNC(=O)[C@@H]1[C@@H]2C[C@@]3(Oc4ccccc42)N1c1ccccc1C3(C)C. The molecule has 3 heterocycles. The molecule has 0 saturated carbocycles. The average molecular weight is 348 g/mol. The summed E-state index contributed by atoms with van der Waals surface area (Å²) in [5.41, 5.74) is 2.80. The first-order valence-electron chi connectivity index (χ1n) is 9.46. The quantitative estimate of drug-likeness (QED) is 0.902. The van der Waals surface area contributed by atoms with E-state index in [1.54, 1.807) is 0 Å². The Labute approximate surface area is 154 Å². The summed E-state index contributed by atoms with van der Waals surface area (Å²) >= 11 is 0. The van der Waals surface area contributed by atoms with E-state index in [0.29, 0.717) is 6.54 Å². The van der Waals surface area contributed by atoms with E-state index in [9.17, 15) is 4.79 Å². The van der Waals surface area contributed by atoms with Gasteiger partial charge in [0.05, 0.1) is 5.41 Å². The second-order valence-corrected chi connectivity index (χ2v) is 8.09. The summed E-state index contributed by atoms with van der Waals surface area (Å²) in [6.07, 6.45) is 0.827. The summed E-state index contributed by atoms with van der Waals surface area (Å²) in [6, 6.07) is 16.4. The van der Waals surface area contributed by atoms with Gasteiger partial charge >= 0.3 is 0 Å².